The normalized spacial score (nSPS) is 14.3. The van der Waals surface area contributed by atoms with Crippen LogP contribution in [0.5, 0.6) is 0 Å². The molecule has 0 spiro atoms. The molecule has 25 heavy (non-hydrogen) atoms. The Bertz CT molecular complexity index is 748. The molecule has 1 saturated heterocycles. The van der Waals surface area contributed by atoms with Gasteiger partial charge in [0.1, 0.15) is 5.82 Å². The minimum atomic E-state index is -0.729. The second-order valence-corrected chi connectivity index (χ2v) is 5.60. The third kappa shape index (κ3) is 4.09. The standard InChI is InChI=1S/C17H18FN5O2/c18-14-5-2-1-4-13(14)12-21-15(24)16(25)22-8-10-23(11-9-22)17-19-6-3-7-20-17/h1-7H,8-12H2,(H,21,24). The van der Waals surface area contributed by atoms with Gasteiger partial charge >= 0.3 is 11.8 Å². The van der Waals surface area contributed by atoms with Crippen LogP contribution in [0.25, 0.3) is 0 Å². The number of aromatic nitrogens is 2. The Kier molecular flexibility index (Phi) is 5.17. The summed E-state index contributed by atoms with van der Waals surface area (Å²) in [6, 6.07) is 7.87. The summed E-state index contributed by atoms with van der Waals surface area (Å²) in [6.45, 7) is 1.90. The lowest BCUT2D eigenvalue weighted by atomic mass is 10.2. The van der Waals surface area contributed by atoms with E-state index in [9.17, 15) is 14.0 Å². The van der Waals surface area contributed by atoms with Crippen molar-refractivity contribution in [2.24, 2.45) is 0 Å². The van der Waals surface area contributed by atoms with E-state index in [2.05, 4.69) is 15.3 Å². The van der Waals surface area contributed by atoms with Crippen LogP contribution in [0.15, 0.2) is 42.7 Å². The molecule has 1 fully saturated rings. The molecular formula is C17H18FN5O2. The lowest BCUT2D eigenvalue weighted by Gasteiger charge is -2.34. The van der Waals surface area contributed by atoms with Crippen LogP contribution in [0.2, 0.25) is 0 Å². The molecule has 2 amide bonds. The maximum absolute atomic E-state index is 13.5. The fourth-order valence-corrected chi connectivity index (χ4v) is 2.60. The molecule has 3 rings (SSSR count). The van der Waals surface area contributed by atoms with E-state index in [1.54, 1.807) is 36.7 Å². The Morgan fingerprint density at radius 3 is 2.40 bits per heavy atom. The average molecular weight is 343 g/mol. The second kappa shape index (κ2) is 7.69. The van der Waals surface area contributed by atoms with Gasteiger partial charge in [-0.05, 0) is 12.1 Å². The second-order valence-electron chi connectivity index (χ2n) is 5.60. The molecule has 1 aliphatic rings. The van der Waals surface area contributed by atoms with Gasteiger partial charge in [-0.15, -0.1) is 0 Å². The molecule has 7 nitrogen and oxygen atoms in total. The van der Waals surface area contributed by atoms with E-state index in [1.807, 2.05) is 4.90 Å². The summed E-state index contributed by atoms with van der Waals surface area (Å²) in [7, 11) is 0. The largest absolute Gasteiger partial charge is 0.344 e. The zero-order valence-electron chi connectivity index (χ0n) is 13.6. The van der Waals surface area contributed by atoms with Crippen molar-refractivity contribution in [2.45, 2.75) is 6.54 Å². The van der Waals surface area contributed by atoms with Crippen molar-refractivity contribution in [3.8, 4) is 0 Å². The molecule has 1 N–H and O–H groups in total. The molecule has 1 aromatic carbocycles. The van der Waals surface area contributed by atoms with Crippen LogP contribution < -0.4 is 10.2 Å². The number of halogens is 1. The number of piperazine rings is 1. The summed E-state index contributed by atoms with van der Waals surface area (Å²) in [6.07, 6.45) is 3.33. The molecule has 2 aromatic rings. The highest BCUT2D eigenvalue weighted by atomic mass is 19.1. The highest BCUT2D eigenvalue weighted by Gasteiger charge is 2.26. The molecule has 0 aliphatic carbocycles. The maximum Gasteiger partial charge on any atom is 0.312 e. The minimum absolute atomic E-state index is 0.0188. The lowest BCUT2D eigenvalue weighted by Crippen LogP contribution is -2.53. The van der Waals surface area contributed by atoms with Gasteiger partial charge in [-0.2, -0.15) is 0 Å². The topological polar surface area (TPSA) is 78.4 Å². The average Bonchev–Trinajstić information content (AvgIpc) is 2.67. The van der Waals surface area contributed by atoms with E-state index < -0.39 is 17.6 Å². The van der Waals surface area contributed by atoms with E-state index in [-0.39, 0.29) is 6.54 Å². The summed E-state index contributed by atoms with van der Waals surface area (Å²) in [5.74, 6) is -1.14. The number of nitrogens with one attached hydrogen (secondary N) is 1. The minimum Gasteiger partial charge on any atom is -0.344 e. The number of carbonyl (C=O) groups excluding carboxylic acids is 2. The van der Waals surface area contributed by atoms with Gasteiger partial charge in [-0.25, -0.2) is 14.4 Å². The predicted molar refractivity (Wildman–Crippen MR) is 89.1 cm³/mol. The first-order valence-corrected chi connectivity index (χ1v) is 7.97. The monoisotopic (exact) mass is 343 g/mol. The van der Waals surface area contributed by atoms with Gasteiger partial charge < -0.3 is 15.1 Å². The highest BCUT2D eigenvalue weighted by molar-refractivity contribution is 6.35. The number of nitrogens with zero attached hydrogens (tertiary/aromatic N) is 4. The van der Waals surface area contributed by atoms with Crippen molar-refractivity contribution < 1.29 is 14.0 Å². The first kappa shape index (κ1) is 16.8. The third-order valence-electron chi connectivity index (χ3n) is 3.99. The van der Waals surface area contributed by atoms with Gasteiger partial charge in [-0.3, -0.25) is 9.59 Å². The predicted octanol–water partition coefficient (Wildman–Crippen LogP) is 0.581. The summed E-state index contributed by atoms with van der Waals surface area (Å²) in [4.78, 5) is 36.0. The van der Waals surface area contributed by atoms with Crippen LogP contribution in [-0.2, 0) is 16.1 Å². The summed E-state index contributed by atoms with van der Waals surface area (Å²) >= 11 is 0. The first-order chi connectivity index (χ1) is 12.1. The molecule has 1 aliphatic heterocycles. The molecule has 2 heterocycles. The maximum atomic E-state index is 13.5. The van der Waals surface area contributed by atoms with E-state index in [4.69, 9.17) is 0 Å². The number of amides is 2. The number of carbonyl (C=O) groups is 2. The zero-order valence-corrected chi connectivity index (χ0v) is 13.6. The van der Waals surface area contributed by atoms with Crippen molar-refractivity contribution >= 4 is 17.8 Å². The summed E-state index contributed by atoms with van der Waals surface area (Å²) in [5.41, 5.74) is 0.342. The molecule has 130 valence electrons. The number of hydrogen-bond donors (Lipinski definition) is 1. The highest BCUT2D eigenvalue weighted by Crippen LogP contribution is 2.10. The SMILES string of the molecule is O=C(NCc1ccccc1F)C(=O)N1CCN(c2ncccn2)CC1. The van der Waals surface area contributed by atoms with E-state index in [0.29, 0.717) is 37.7 Å². The number of anilines is 1. The number of benzene rings is 1. The number of hydrogen-bond acceptors (Lipinski definition) is 5. The Labute approximate surface area is 144 Å². The van der Waals surface area contributed by atoms with Crippen LogP contribution in [-0.4, -0.2) is 52.9 Å². The Morgan fingerprint density at radius 1 is 1.04 bits per heavy atom. The molecule has 1 aromatic heterocycles. The Hall–Kier alpha value is -3.03. The fraction of sp³-hybridized carbons (Fsp3) is 0.294. The number of rotatable bonds is 3. The van der Waals surface area contributed by atoms with E-state index >= 15 is 0 Å². The zero-order chi connectivity index (χ0) is 17.6. The van der Waals surface area contributed by atoms with Crippen LogP contribution in [0, 0.1) is 5.82 Å². The van der Waals surface area contributed by atoms with Gasteiger partial charge in [0.05, 0.1) is 0 Å². The van der Waals surface area contributed by atoms with Gasteiger partial charge in [0.25, 0.3) is 0 Å². The van der Waals surface area contributed by atoms with Crippen LogP contribution in [0.3, 0.4) is 0 Å². The first-order valence-electron chi connectivity index (χ1n) is 7.97. The molecule has 8 heteroatoms. The smallest absolute Gasteiger partial charge is 0.312 e. The molecule has 0 atom stereocenters. The van der Waals surface area contributed by atoms with E-state index in [1.165, 1.54) is 11.0 Å². The van der Waals surface area contributed by atoms with E-state index in [0.717, 1.165) is 0 Å². The van der Waals surface area contributed by atoms with Crippen molar-refractivity contribution in [2.75, 3.05) is 31.1 Å². The summed E-state index contributed by atoms with van der Waals surface area (Å²) < 4.78 is 13.5. The van der Waals surface area contributed by atoms with Gasteiger partial charge in [-0.1, -0.05) is 18.2 Å². The third-order valence-corrected chi connectivity index (χ3v) is 3.99. The van der Waals surface area contributed by atoms with Crippen molar-refractivity contribution in [1.29, 1.82) is 0 Å². The van der Waals surface area contributed by atoms with Crippen molar-refractivity contribution in [3.05, 3.63) is 54.1 Å². The van der Waals surface area contributed by atoms with Gasteiger partial charge in [0, 0.05) is 50.7 Å². The van der Waals surface area contributed by atoms with Crippen molar-refractivity contribution in [3.63, 3.8) is 0 Å². The van der Waals surface area contributed by atoms with Crippen LogP contribution >= 0.6 is 0 Å². The van der Waals surface area contributed by atoms with Crippen LogP contribution in [0.4, 0.5) is 10.3 Å². The molecule has 0 radical (unpaired) electrons. The molecule has 0 bridgehead atoms. The van der Waals surface area contributed by atoms with Crippen molar-refractivity contribution in [1.82, 2.24) is 20.2 Å². The quantitative estimate of drug-likeness (QED) is 0.825. The Balaban J connectivity index is 1.50. The fourth-order valence-electron chi connectivity index (χ4n) is 2.60. The molecule has 0 saturated carbocycles. The molecular weight excluding hydrogens is 325 g/mol. The molecule has 0 unspecified atom stereocenters. The Morgan fingerprint density at radius 2 is 1.72 bits per heavy atom. The lowest BCUT2D eigenvalue weighted by molar-refractivity contribution is -0.146. The van der Waals surface area contributed by atoms with Gasteiger partial charge in [0.15, 0.2) is 0 Å². The van der Waals surface area contributed by atoms with Crippen LogP contribution in [0.1, 0.15) is 5.56 Å². The van der Waals surface area contributed by atoms with Gasteiger partial charge in [0.2, 0.25) is 5.95 Å². The summed E-state index contributed by atoms with van der Waals surface area (Å²) in [5, 5.41) is 2.47.